The third kappa shape index (κ3) is 5.39. The number of halogens is 1. The van der Waals surface area contributed by atoms with E-state index in [9.17, 15) is 9.18 Å². The molecule has 21 heavy (non-hydrogen) atoms. The summed E-state index contributed by atoms with van der Waals surface area (Å²) >= 11 is 0. The maximum atomic E-state index is 12.8. The first-order valence-electron chi connectivity index (χ1n) is 6.85. The van der Waals surface area contributed by atoms with Gasteiger partial charge in [0.1, 0.15) is 11.6 Å². The van der Waals surface area contributed by atoms with Crippen LogP contribution in [0.1, 0.15) is 11.3 Å². The van der Waals surface area contributed by atoms with Crippen molar-refractivity contribution in [2.24, 2.45) is 0 Å². The summed E-state index contributed by atoms with van der Waals surface area (Å²) in [5, 5.41) is 2.80. The Balaban J connectivity index is 1.67. The lowest BCUT2D eigenvalue weighted by atomic mass is 10.1. The summed E-state index contributed by atoms with van der Waals surface area (Å²) in [5.41, 5.74) is 1.05. The number of carbonyl (C=O) groups excluding carboxylic acids is 1. The van der Waals surface area contributed by atoms with Gasteiger partial charge in [0.25, 0.3) is 0 Å². The lowest BCUT2D eigenvalue weighted by Gasteiger charge is -2.16. The molecule has 0 bridgehead atoms. The standard InChI is InChI=1S/C16H19FN2O2/c1-19(9-8-13-4-6-14(17)7-5-13)12-16(20)18-11-15-3-2-10-21-15/h2-7,10H,8-9,11-12H2,1H3,(H,18,20). The minimum absolute atomic E-state index is 0.0481. The number of nitrogens with zero attached hydrogens (tertiary/aromatic N) is 1. The minimum atomic E-state index is -0.232. The summed E-state index contributed by atoms with van der Waals surface area (Å²) in [4.78, 5) is 13.7. The second-order valence-corrected chi connectivity index (χ2v) is 4.97. The molecule has 0 unspecified atom stereocenters. The van der Waals surface area contributed by atoms with Gasteiger partial charge in [-0.2, -0.15) is 0 Å². The fraction of sp³-hybridized carbons (Fsp3) is 0.312. The van der Waals surface area contributed by atoms with Crippen LogP contribution in [0.25, 0.3) is 0 Å². The van der Waals surface area contributed by atoms with E-state index in [1.807, 2.05) is 18.0 Å². The molecule has 112 valence electrons. The molecule has 0 aliphatic rings. The largest absolute Gasteiger partial charge is 0.467 e. The summed E-state index contributed by atoms with van der Waals surface area (Å²) in [6, 6.07) is 10.0. The van der Waals surface area contributed by atoms with Gasteiger partial charge in [0.15, 0.2) is 0 Å². The van der Waals surface area contributed by atoms with E-state index in [-0.39, 0.29) is 11.7 Å². The van der Waals surface area contributed by atoms with E-state index in [1.54, 1.807) is 24.5 Å². The van der Waals surface area contributed by atoms with Crippen LogP contribution in [0.15, 0.2) is 47.1 Å². The van der Waals surface area contributed by atoms with Crippen molar-refractivity contribution < 1.29 is 13.6 Å². The van der Waals surface area contributed by atoms with Crippen molar-refractivity contribution in [1.82, 2.24) is 10.2 Å². The Hall–Kier alpha value is -2.14. The van der Waals surface area contributed by atoms with Crippen LogP contribution in [0, 0.1) is 5.82 Å². The van der Waals surface area contributed by atoms with Gasteiger partial charge in [0, 0.05) is 6.54 Å². The highest BCUT2D eigenvalue weighted by atomic mass is 19.1. The number of likely N-dealkylation sites (N-methyl/N-ethyl adjacent to an activating group) is 1. The van der Waals surface area contributed by atoms with Crippen LogP contribution in [-0.4, -0.2) is 30.9 Å². The third-order valence-electron chi connectivity index (χ3n) is 3.15. The number of rotatable bonds is 7. The van der Waals surface area contributed by atoms with Gasteiger partial charge in [-0.3, -0.25) is 9.69 Å². The van der Waals surface area contributed by atoms with Crippen LogP contribution in [0.3, 0.4) is 0 Å². The molecule has 5 heteroatoms. The van der Waals surface area contributed by atoms with Crippen LogP contribution >= 0.6 is 0 Å². The molecule has 0 atom stereocenters. The molecule has 1 aromatic carbocycles. The van der Waals surface area contributed by atoms with Gasteiger partial charge in [0.05, 0.1) is 19.4 Å². The SMILES string of the molecule is CN(CCc1ccc(F)cc1)CC(=O)NCc1ccco1. The average Bonchev–Trinajstić information content (AvgIpc) is 2.98. The molecule has 0 saturated carbocycles. The number of hydrogen-bond donors (Lipinski definition) is 1. The smallest absolute Gasteiger partial charge is 0.234 e. The monoisotopic (exact) mass is 290 g/mol. The van der Waals surface area contributed by atoms with Crippen LogP contribution in [0.5, 0.6) is 0 Å². The van der Waals surface area contributed by atoms with Gasteiger partial charge in [-0.1, -0.05) is 12.1 Å². The van der Waals surface area contributed by atoms with E-state index in [4.69, 9.17) is 4.42 Å². The first kappa shape index (κ1) is 15.3. The highest BCUT2D eigenvalue weighted by Gasteiger charge is 2.07. The first-order chi connectivity index (χ1) is 10.1. The average molecular weight is 290 g/mol. The molecule has 0 saturated heterocycles. The van der Waals surface area contributed by atoms with Gasteiger partial charge in [-0.05, 0) is 43.3 Å². The second kappa shape index (κ2) is 7.59. The molecule has 0 aliphatic heterocycles. The zero-order valence-electron chi connectivity index (χ0n) is 12.0. The van der Waals surface area contributed by atoms with Crippen molar-refractivity contribution in [2.45, 2.75) is 13.0 Å². The van der Waals surface area contributed by atoms with Gasteiger partial charge >= 0.3 is 0 Å². The molecule has 4 nitrogen and oxygen atoms in total. The van der Waals surface area contributed by atoms with Crippen molar-refractivity contribution in [3.8, 4) is 0 Å². The molecule has 1 N–H and O–H groups in total. The summed E-state index contributed by atoms with van der Waals surface area (Å²) in [5.74, 6) is 0.453. The van der Waals surface area contributed by atoms with E-state index in [0.717, 1.165) is 24.3 Å². The Bertz CT molecular complexity index is 552. The first-order valence-corrected chi connectivity index (χ1v) is 6.85. The van der Waals surface area contributed by atoms with Gasteiger partial charge in [-0.15, -0.1) is 0 Å². The lowest BCUT2D eigenvalue weighted by Crippen LogP contribution is -2.35. The Morgan fingerprint density at radius 3 is 2.71 bits per heavy atom. The lowest BCUT2D eigenvalue weighted by molar-refractivity contribution is -0.122. The molecule has 0 spiro atoms. The molecule has 0 aliphatic carbocycles. The van der Waals surface area contributed by atoms with E-state index in [0.29, 0.717) is 13.1 Å². The molecule has 2 aromatic rings. The molecule has 1 heterocycles. The van der Waals surface area contributed by atoms with Crippen LogP contribution in [0.4, 0.5) is 4.39 Å². The van der Waals surface area contributed by atoms with Crippen LogP contribution < -0.4 is 5.32 Å². The van der Waals surface area contributed by atoms with Gasteiger partial charge in [-0.25, -0.2) is 4.39 Å². The summed E-state index contributed by atoms with van der Waals surface area (Å²) in [7, 11) is 1.88. The minimum Gasteiger partial charge on any atom is -0.467 e. The zero-order valence-corrected chi connectivity index (χ0v) is 12.0. The zero-order chi connectivity index (χ0) is 15.1. The number of hydrogen-bond acceptors (Lipinski definition) is 3. The third-order valence-corrected chi connectivity index (χ3v) is 3.15. The molecule has 0 fully saturated rings. The maximum Gasteiger partial charge on any atom is 0.234 e. The Labute approximate surface area is 123 Å². The quantitative estimate of drug-likeness (QED) is 0.850. The predicted octanol–water partition coefficient (Wildman–Crippen LogP) is 2.21. The fourth-order valence-electron chi connectivity index (χ4n) is 1.95. The Morgan fingerprint density at radius 1 is 1.29 bits per heavy atom. The molecular formula is C16H19FN2O2. The number of amides is 1. The fourth-order valence-corrected chi connectivity index (χ4v) is 1.95. The highest BCUT2D eigenvalue weighted by Crippen LogP contribution is 2.04. The van der Waals surface area contributed by atoms with Gasteiger partial charge < -0.3 is 9.73 Å². The molecule has 1 amide bonds. The van der Waals surface area contributed by atoms with Crippen LogP contribution in [-0.2, 0) is 17.8 Å². The maximum absolute atomic E-state index is 12.8. The predicted molar refractivity (Wildman–Crippen MR) is 78.2 cm³/mol. The molecule has 2 rings (SSSR count). The Kier molecular flexibility index (Phi) is 5.51. The van der Waals surface area contributed by atoms with E-state index in [1.165, 1.54) is 12.1 Å². The number of benzene rings is 1. The normalized spacial score (nSPS) is 10.8. The Morgan fingerprint density at radius 2 is 2.05 bits per heavy atom. The number of nitrogens with one attached hydrogen (secondary N) is 1. The molecule has 0 radical (unpaired) electrons. The van der Waals surface area contributed by atoms with Crippen molar-refractivity contribution >= 4 is 5.91 Å². The molecule has 1 aromatic heterocycles. The summed E-state index contributed by atoms with van der Waals surface area (Å²) in [6.45, 7) is 1.46. The van der Waals surface area contributed by atoms with Crippen molar-refractivity contribution in [3.63, 3.8) is 0 Å². The summed E-state index contributed by atoms with van der Waals surface area (Å²) < 4.78 is 17.9. The highest BCUT2D eigenvalue weighted by molar-refractivity contribution is 5.77. The van der Waals surface area contributed by atoms with Crippen LogP contribution in [0.2, 0.25) is 0 Å². The van der Waals surface area contributed by atoms with Crippen molar-refractivity contribution in [3.05, 3.63) is 59.8 Å². The topological polar surface area (TPSA) is 45.5 Å². The van der Waals surface area contributed by atoms with E-state index in [2.05, 4.69) is 5.32 Å². The summed E-state index contributed by atoms with van der Waals surface area (Å²) in [6.07, 6.45) is 2.36. The van der Waals surface area contributed by atoms with Gasteiger partial charge in [0.2, 0.25) is 5.91 Å². The second-order valence-electron chi connectivity index (χ2n) is 4.97. The van der Waals surface area contributed by atoms with Crippen molar-refractivity contribution in [2.75, 3.05) is 20.1 Å². The van der Waals surface area contributed by atoms with E-state index >= 15 is 0 Å². The number of carbonyl (C=O) groups is 1. The number of furan rings is 1. The van der Waals surface area contributed by atoms with Crippen molar-refractivity contribution in [1.29, 1.82) is 0 Å². The van der Waals surface area contributed by atoms with E-state index < -0.39 is 0 Å². The molecular weight excluding hydrogens is 271 g/mol.